The highest BCUT2D eigenvalue weighted by Crippen LogP contribution is 2.34. The van der Waals surface area contributed by atoms with E-state index in [1.165, 1.54) is 11.3 Å². The Morgan fingerprint density at radius 1 is 1.57 bits per heavy atom. The summed E-state index contributed by atoms with van der Waals surface area (Å²) in [6, 6.07) is 4.13. The van der Waals surface area contributed by atoms with Gasteiger partial charge in [0, 0.05) is 0 Å². The number of aryl methyl sites for hydroxylation is 1. The van der Waals surface area contributed by atoms with Crippen LogP contribution in [0.1, 0.15) is 10.4 Å². The number of hydrogen-bond donors (Lipinski definition) is 1. The number of hydrogen-bond acceptors (Lipinski definition) is 5. The minimum atomic E-state index is 0.448. The number of nitriles is 1. The SMILES string of the molecule is Cc1ccsc1-c1nc(N)sc1C#N. The van der Waals surface area contributed by atoms with E-state index in [0.29, 0.717) is 10.0 Å². The Labute approximate surface area is 89.5 Å². The molecule has 0 fully saturated rings. The number of nitrogen functional groups attached to an aromatic ring is 1. The van der Waals surface area contributed by atoms with E-state index in [-0.39, 0.29) is 0 Å². The molecule has 0 amide bonds. The fourth-order valence-electron chi connectivity index (χ4n) is 1.18. The largest absolute Gasteiger partial charge is 0.375 e. The van der Waals surface area contributed by atoms with E-state index in [9.17, 15) is 0 Å². The molecule has 2 aromatic rings. The Bertz CT molecular complexity index is 504. The maximum atomic E-state index is 8.89. The van der Waals surface area contributed by atoms with Gasteiger partial charge in [-0.1, -0.05) is 11.3 Å². The standard InChI is InChI=1S/C9H7N3S2/c1-5-2-3-13-8(5)7-6(4-10)14-9(11)12-7/h2-3H,1H3,(H2,11,12). The lowest BCUT2D eigenvalue weighted by Gasteiger charge is -1.93. The molecular formula is C9H7N3S2. The third-order valence-electron chi connectivity index (χ3n) is 1.82. The van der Waals surface area contributed by atoms with Gasteiger partial charge in [-0.3, -0.25) is 0 Å². The summed E-state index contributed by atoms with van der Waals surface area (Å²) in [5.74, 6) is 0. The molecule has 0 radical (unpaired) electrons. The smallest absolute Gasteiger partial charge is 0.181 e. The molecule has 2 rings (SSSR count). The van der Waals surface area contributed by atoms with E-state index < -0.39 is 0 Å². The minimum Gasteiger partial charge on any atom is -0.375 e. The van der Waals surface area contributed by atoms with Crippen LogP contribution in [0.15, 0.2) is 11.4 Å². The van der Waals surface area contributed by atoms with Gasteiger partial charge in [0.05, 0.1) is 4.88 Å². The summed E-state index contributed by atoms with van der Waals surface area (Å²) in [7, 11) is 0. The summed E-state index contributed by atoms with van der Waals surface area (Å²) in [5.41, 5.74) is 7.43. The van der Waals surface area contributed by atoms with Crippen molar-refractivity contribution in [3.05, 3.63) is 21.9 Å². The number of aromatic nitrogens is 1. The van der Waals surface area contributed by atoms with Crippen molar-refractivity contribution in [1.29, 1.82) is 5.26 Å². The highest BCUT2D eigenvalue weighted by molar-refractivity contribution is 7.17. The molecule has 70 valence electrons. The zero-order chi connectivity index (χ0) is 10.1. The summed E-state index contributed by atoms with van der Waals surface area (Å²) in [6.45, 7) is 2.00. The van der Waals surface area contributed by atoms with Crippen LogP contribution in [-0.4, -0.2) is 4.98 Å². The Morgan fingerprint density at radius 3 is 2.93 bits per heavy atom. The number of thiazole rings is 1. The van der Waals surface area contributed by atoms with Crippen molar-refractivity contribution in [2.24, 2.45) is 0 Å². The van der Waals surface area contributed by atoms with Gasteiger partial charge >= 0.3 is 0 Å². The van der Waals surface area contributed by atoms with Crippen molar-refractivity contribution < 1.29 is 0 Å². The van der Waals surface area contributed by atoms with Crippen LogP contribution < -0.4 is 5.73 Å². The first kappa shape index (κ1) is 9.19. The van der Waals surface area contributed by atoms with Crippen LogP contribution in [0.2, 0.25) is 0 Å². The molecule has 0 aliphatic heterocycles. The molecule has 0 aromatic carbocycles. The van der Waals surface area contributed by atoms with Crippen LogP contribution in [0.5, 0.6) is 0 Å². The first-order valence-electron chi connectivity index (χ1n) is 3.93. The van der Waals surface area contributed by atoms with Crippen LogP contribution in [0, 0.1) is 18.3 Å². The second kappa shape index (κ2) is 3.40. The lowest BCUT2D eigenvalue weighted by molar-refractivity contribution is 1.39. The molecule has 0 spiro atoms. The zero-order valence-corrected chi connectivity index (χ0v) is 9.08. The van der Waals surface area contributed by atoms with Crippen molar-refractivity contribution in [2.45, 2.75) is 6.92 Å². The molecule has 14 heavy (non-hydrogen) atoms. The summed E-state index contributed by atoms with van der Waals surface area (Å²) >= 11 is 2.82. The number of thiophene rings is 1. The molecule has 0 aliphatic rings. The predicted molar refractivity (Wildman–Crippen MR) is 59.3 cm³/mol. The maximum Gasteiger partial charge on any atom is 0.181 e. The second-order valence-corrected chi connectivity index (χ2v) is 4.72. The molecule has 0 aliphatic carbocycles. The summed E-state index contributed by atoms with van der Waals surface area (Å²) in [6.07, 6.45) is 0. The normalized spacial score (nSPS) is 10.0. The maximum absolute atomic E-state index is 8.89. The van der Waals surface area contributed by atoms with Gasteiger partial charge in [0.1, 0.15) is 16.6 Å². The number of nitrogens with two attached hydrogens (primary N) is 1. The van der Waals surface area contributed by atoms with E-state index in [1.807, 2.05) is 18.4 Å². The summed E-state index contributed by atoms with van der Waals surface area (Å²) in [5, 5.41) is 11.3. The Hall–Kier alpha value is -1.38. The van der Waals surface area contributed by atoms with Crippen molar-refractivity contribution in [1.82, 2.24) is 4.98 Å². The summed E-state index contributed by atoms with van der Waals surface area (Å²) < 4.78 is 0. The van der Waals surface area contributed by atoms with Gasteiger partial charge in [-0.25, -0.2) is 4.98 Å². The average Bonchev–Trinajstić information content (AvgIpc) is 2.71. The molecule has 0 atom stereocenters. The van der Waals surface area contributed by atoms with Gasteiger partial charge in [-0.2, -0.15) is 5.26 Å². The molecule has 2 aromatic heterocycles. The number of anilines is 1. The average molecular weight is 221 g/mol. The van der Waals surface area contributed by atoms with Crippen LogP contribution in [0.25, 0.3) is 10.6 Å². The van der Waals surface area contributed by atoms with Crippen molar-refractivity contribution >= 4 is 27.8 Å². The zero-order valence-electron chi connectivity index (χ0n) is 7.44. The first-order valence-corrected chi connectivity index (χ1v) is 5.63. The molecule has 0 bridgehead atoms. The third-order valence-corrected chi connectivity index (χ3v) is 3.63. The van der Waals surface area contributed by atoms with Gasteiger partial charge in [-0.15, -0.1) is 11.3 Å². The predicted octanol–water partition coefficient (Wildman–Crippen LogP) is 2.63. The monoisotopic (exact) mass is 221 g/mol. The fraction of sp³-hybridized carbons (Fsp3) is 0.111. The summed E-state index contributed by atoms with van der Waals surface area (Å²) in [4.78, 5) is 5.80. The van der Waals surface area contributed by atoms with E-state index in [2.05, 4.69) is 11.1 Å². The van der Waals surface area contributed by atoms with Gasteiger partial charge < -0.3 is 5.73 Å². The molecular weight excluding hydrogens is 214 g/mol. The Balaban J connectivity index is 2.63. The van der Waals surface area contributed by atoms with Crippen LogP contribution >= 0.6 is 22.7 Å². The van der Waals surface area contributed by atoms with E-state index in [1.54, 1.807) is 11.3 Å². The topological polar surface area (TPSA) is 62.7 Å². The van der Waals surface area contributed by atoms with E-state index in [0.717, 1.165) is 16.1 Å². The van der Waals surface area contributed by atoms with E-state index >= 15 is 0 Å². The van der Waals surface area contributed by atoms with Crippen LogP contribution in [0.3, 0.4) is 0 Å². The van der Waals surface area contributed by atoms with Crippen molar-refractivity contribution in [3.63, 3.8) is 0 Å². The van der Waals surface area contributed by atoms with Gasteiger partial charge in [0.15, 0.2) is 5.13 Å². The molecule has 0 unspecified atom stereocenters. The van der Waals surface area contributed by atoms with Gasteiger partial charge in [0.25, 0.3) is 0 Å². The Morgan fingerprint density at radius 2 is 2.36 bits per heavy atom. The molecule has 5 heteroatoms. The van der Waals surface area contributed by atoms with Gasteiger partial charge in [-0.05, 0) is 23.9 Å². The first-order chi connectivity index (χ1) is 6.72. The van der Waals surface area contributed by atoms with Crippen LogP contribution in [-0.2, 0) is 0 Å². The van der Waals surface area contributed by atoms with Crippen LogP contribution in [0.4, 0.5) is 5.13 Å². The fourth-order valence-corrected chi connectivity index (χ4v) is 2.80. The third kappa shape index (κ3) is 1.39. The lowest BCUT2D eigenvalue weighted by Crippen LogP contribution is -1.83. The van der Waals surface area contributed by atoms with Crippen molar-refractivity contribution in [2.75, 3.05) is 5.73 Å². The molecule has 2 N–H and O–H groups in total. The van der Waals surface area contributed by atoms with Gasteiger partial charge in [0.2, 0.25) is 0 Å². The molecule has 0 saturated carbocycles. The second-order valence-electron chi connectivity index (χ2n) is 2.77. The van der Waals surface area contributed by atoms with E-state index in [4.69, 9.17) is 11.0 Å². The van der Waals surface area contributed by atoms with Crippen molar-refractivity contribution in [3.8, 4) is 16.6 Å². The lowest BCUT2D eigenvalue weighted by atomic mass is 10.2. The minimum absolute atomic E-state index is 0.448. The molecule has 0 saturated heterocycles. The molecule has 3 nitrogen and oxygen atoms in total. The highest BCUT2D eigenvalue weighted by atomic mass is 32.1. The molecule has 2 heterocycles. The Kier molecular flexibility index (Phi) is 2.23. The number of rotatable bonds is 1. The number of nitrogens with zero attached hydrogens (tertiary/aromatic N) is 2. The quantitative estimate of drug-likeness (QED) is 0.805. The highest BCUT2D eigenvalue weighted by Gasteiger charge is 2.14.